The lowest BCUT2D eigenvalue weighted by Gasteiger charge is -2.38. The Morgan fingerprint density at radius 2 is 1.66 bits per heavy atom. The van der Waals surface area contributed by atoms with Crippen LogP contribution in [0.25, 0.3) is 0 Å². The third-order valence-corrected chi connectivity index (χ3v) is 6.80. The third-order valence-electron chi connectivity index (χ3n) is 5.94. The molecule has 41 heavy (non-hydrogen) atoms. The van der Waals surface area contributed by atoms with E-state index in [1.807, 2.05) is 0 Å². The van der Waals surface area contributed by atoms with Crippen molar-refractivity contribution in [1.82, 2.24) is 14.3 Å². The number of amides is 1. The van der Waals surface area contributed by atoms with Gasteiger partial charge in [-0.3, -0.25) is 18.5 Å². The number of hydrogen-bond donors (Lipinski definition) is 6. The van der Waals surface area contributed by atoms with Crippen molar-refractivity contribution in [2.75, 3.05) is 13.2 Å². The predicted octanol–water partition coefficient (Wildman–Crippen LogP) is -3.19. The second-order valence-corrected chi connectivity index (χ2v) is 11.2. The summed E-state index contributed by atoms with van der Waals surface area (Å²) >= 11 is 0. The Morgan fingerprint density at radius 1 is 1.02 bits per heavy atom. The molecular weight excluding hydrogens is 578 g/mol. The summed E-state index contributed by atoms with van der Waals surface area (Å²) in [6.07, 6.45) is -14.4. The highest BCUT2D eigenvalue weighted by molar-refractivity contribution is 7.85. The van der Waals surface area contributed by atoms with Crippen molar-refractivity contribution in [1.29, 1.82) is 0 Å². The number of hydrogen-bond acceptors (Lipinski definition) is 15. The fraction of sp³-hybridized carbons (Fsp3) is 0.773. The standard InChI is InChI=1S/C22H35N3O15S/c1-9(2)36-17-12(38-19(18(17)37-10(3)4)25-6-5-13(27)23-21(25)31)8-35-41(33,34)24-22(32)40-20-16(30)15(29)14(28)11(7-26)39-20/h5-6,9-12,14-20,26,28-30H,7-8H2,1-4H3,(H,24,32)(H,23,27,31)/t11-,12-,14-,15+,16-,17-,18-,19-,20-/m1/s1. The van der Waals surface area contributed by atoms with Crippen LogP contribution in [0, 0.1) is 0 Å². The van der Waals surface area contributed by atoms with Gasteiger partial charge in [-0.05, 0) is 27.7 Å². The van der Waals surface area contributed by atoms with E-state index in [4.69, 9.17) is 23.1 Å². The van der Waals surface area contributed by atoms with Crippen LogP contribution >= 0.6 is 0 Å². The molecule has 1 amide bonds. The molecular formula is C22H35N3O15S. The van der Waals surface area contributed by atoms with E-state index in [2.05, 4.69) is 9.72 Å². The van der Waals surface area contributed by atoms with Crippen molar-refractivity contribution >= 4 is 16.4 Å². The molecule has 9 atom stereocenters. The molecule has 3 rings (SSSR count). The van der Waals surface area contributed by atoms with Crippen molar-refractivity contribution in [3.8, 4) is 0 Å². The number of H-pyrrole nitrogens is 1. The van der Waals surface area contributed by atoms with Crippen LogP contribution in [0.4, 0.5) is 4.79 Å². The fourth-order valence-electron chi connectivity index (χ4n) is 4.21. The van der Waals surface area contributed by atoms with E-state index in [1.165, 1.54) is 10.9 Å². The zero-order chi connectivity index (χ0) is 30.6. The summed E-state index contributed by atoms with van der Waals surface area (Å²) in [5, 5.41) is 38.8. The first-order valence-corrected chi connectivity index (χ1v) is 14.0. The number of carbonyl (C=O) groups is 1. The number of carbonyl (C=O) groups excluding carboxylic acids is 1. The fourth-order valence-corrected chi connectivity index (χ4v) is 4.84. The Kier molecular flexibility index (Phi) is 11.0. The average Bonchev–Trinajstić information content (AvgIpc) is 3.18. The topological polar surface area (TPSA) is 254 Å². The van der Waals surface area contributed by atoms with Crippen molar-refractivity contribution in [2.45, 2.75) is 95.1 Å². The van der Waals surface area contributed by atoms with Gasteiger partial charge in [0.05, 0.1) is 25.4 Å². The van der Waals surface area contributed by atoms with Gasteiger partial charge >= 0.3 is 22.1 Å². The first kappa shape index (κ1) is 33.0. The van der Waals surface area contributed by atoms with E-state index < -0.39 is 102 Å². The number of nitrogens with zero attached hydrogens (tertiary/aromatic N) is 1. The van der Waals surface area contributed by atoms with E-state index in [-0.39, 0.29) is 6.10 Å². The molecule has 234 valence electrons. The molecule has 0 spiro atoms. The van der Waals surface area contributed by atoms with Crippen LogP contribution in [0.3, 0.4) is 0 Å². The van der Waals surface area contributed by atoms with Gasteiger partial charge in [-0.2, -0.15) is 13.1 Å². The number of rotatable bonds is 11. The van der Waals surface area contributed by atoms with E-state index in [0.29, 0.717) is 0 Å². The molecule has 0 saturated carbocycles. The second kappa shape index (κ2) is 13.7. The normalized spacial score (nSPS) is 32.4. The zero-order valence-electron chi connectivity index (χ0n) is 22.6. The molecule has 6 N–H and O–H groups in total. The van der Waals surface area contributed by atoms with Crippen LogP contribution in [0.15, 0.2) is 21.9 Å². The second-order valence-electron chi connectivity index (χ2n) is 9.82. The average molecular weight is 614 g/mol. The highest BCUT2D eigenvalue weighted by Gasteiger charge is 2.49. The van der Waals surface area contributed by atoms with Crippen molar-refractivity contribution in [3.63, 3.8) is 0 Å². The summed E-state index contributed by atoms with van der Waals surface area (Å²) < 4.78 is 59.8. The number of aliphatic hydroxyl groups excluding tert-OH is 4. The minimum Gasteiger partial charge on any atom is -0.416 e. The summed E-state index contributed by atoms with van der Waals surface area (Å²) in [5.41, 5.74) is -1.46. The van der Waals surface area contributed by atoms with Gasteiger partial charge in [0, 0.05) is 12.3 Å². The Balaban J connectivity index is 1.72. The smallest absolute Gasteiger partial charge is 0.416 e. The maximum atomic E-state index is 12.5. The van der Waals surface area contributed by atoms with E-state index >= 15 is 0 Å². The van der Waals surface area contributed by atoms with Gasteiger partial charge in [0.25, 0.3) is 5.56 Å². The predicted molar refractivity (Wildman–Crippen MR) is 134 cm³/mol. The van der Waals surface area contributed by atoms with Crippen LogP contribution in [0.1, 0.15) is 33.9 Å². The molecule has 2 aliphatic rings. The molecule has 0 radical (unpaired) electrons. The van der Waals surface area contributed by atoms with E-state index in [9.17, 15) is 43.2 Å². The van der Waals surface area contributed by atoms with Crippen LogP contribution in [-0.4, -0.2) is 119 Å². The third kappa shape index (κ3) is 8.31. The lowest BCUT2D eigenvalue weighted by atomic mass is 9.99. The number of aliphatic hydroxyl groups is 4. The van der Waals surface area contributed by atoms with Crippen LogP contribution in [0.5, 0.6) is 0 Å². The van der Waals surface area contributed by atoms with Crippen molar-refractivity contribution in [2.24, 2.45) is 0 Å². The first-order valence-electron chi connectivity index (χ1n) is 12.6. The number of aromatic amines is 1. The Labute approximate surface area is 234 Å². The molecule has 0 aromatic carbocycles. The van der Waals surface area contributed by atoms with Gasteiger partial charge in [-0.1, -0.05) is 0 Å². The molecule has 1 aromatic rings. The zero-order valence-corrected chi connectivity index (χ0v) is 23.4. The summed E-state index contributed by atoms with van der Waals surface area (Å²) in [4.78, 5) is 38.3. The highest BCUT2D eigenvalue weighted by Crippen LogP contribution is 2.34. The van der Waals surface area contributed by atoms with E-state index in [1.54, 1.807) is 27.7 Å². The summed E-state index contributed by atoms with van der Waals surface area (Å²) in [5.74, 6) is 0. The molecule has 19 heteroatoms. The van der Waals surface area contributed by atoms with Crippen LogP contribution in [-0.2, 0) is 38.2 Å². The van der Waals surface area contributed by atoms with Crippen LogP contribution in [0.2, 0.25) is 0 Å². The maximum Gasteiger partial charge on any atom is 0.425 e. The molecule has 18 nitrogen and oxygen atoms in total. The molecule has 0 unspecified atom stereocenters. The largest absolute Gasteiger partial charge is 0.425 e. The molecule has 3 heterocycles. The van der Waals surface area contributed by atoms with Gasteiger partial charge in [0.15, 0.2) is 6.23 Å². The molecule has 0 aliphatic carbocycles. The van der Waals surface area contributed by atoms with Gasteiger partial charge in [-0.15, -0.1) is 0 Å². The Morgan fingerprint density at radius 3 is 2.24 bits per heavy atom. The Bertz CT molecular complexity index is 1250. The van der Waals surface area contributed by atoms with Crippen LogP contribution < -0.4 is 16.0 Å². The highest BCUT2D eigenvalue weighted by atomic mass is 32.2. The minimum absolute atomic E-state index is 0.384. The quantitative estimate of drug-likeness (QED) is 0.144. The van der Waals surface area contributed by atoms with Crippen molar-refractivity contribution in [3.05, 3.63) is 33.1 Å². The SMILES string of the molecule is CC(C)O[C@@H]1[C@H](OC(C)C)[C@@H](COS(=O)(=O)NC(=O)O[C@H]2O[C@H](CO)[C@@H](O)[C@H](O)[C@H]2O)O[C@H]1n1ccc(=O)[nH]c1=O. The monoisotopic (exact) mass is 613 g/mol. The lowest BCUT2D eigenvalue weighted by Crippen LogP contribution is -2.60. The number of aromatic nitrogens is 2. The summed E-state index contributed by atoms with van der Waals surface area (Å²) in [6, 6.07) is 1.09. The van der Waals surface area contributed by atoms with Gasteiger partial charge in [0.2, 0.25) is 6.29 Å². The molecule has 0 bridgehead atoms. The van der Waals surface area contributed by atoms with Crippen molar-refractivity contribution < 1.29 is 61.5 Å². The number of ether oxygens (including phenoxy) is 5. The molecule has 1 aromatic heterocycles. The van der Waals surface area contributed by atoms with E-state index in [0.717, 1.165) is 10.6 Å². The molecule has 2 saturated heterocycles. The number of nitrogens with one attached hydrogen (secondary N) is 2. The van der Waals surface area contributed by atoms with Gasteiger partial charge in [-0.25, -0.2) is 9.59 Å². The lowest BCUT2D eigenvalue weighted by molar-refractivity contribution is -0.284. The Hall–Kier alpha value is -2.46. The maximum absolute atomic E-state index is 12.5. The first-order chi connectivity index (χ1) is 19.1. The minimum atomic E-state index is -4.88. The summed E-state index contributed by atoms with van der Waals surface area (Å²) in [6.45, 7) is 5.32. The molecule has 2 aliphatic heterocycles. The van der Waals surface area contributed by atoms with Gasteiger partial charge in [0.1, 0.15) is 42.7 Å². The van der Waals surface area contributed by atoms with Gasteiger partial charge < -0.3 is 44.1 Å². The summed E-state index contributed by atoms with van der Waals surface area (Å²) in [7, 11) is -4.88. The molecule has 2 fully saturated rings.